The number of benzene rings is 7. The standard InChI is InChI=1S/C33H33N7O4.C21H17N5O3.C20H15N5O3.C10H11BrO2.C10H12O2.C9H10O2/c1-33(24-7-4-3-5-8-24,32(41)38-18-16-37(17-19-38)25-10-12-26(13-11-25)43-22-21-42-2)40-23-27-28(35-40)14-15-39-31(27)34-30(36-39)29-9-6-20-44-29;1-21(20(27)28-2,14-7-4-3-5-8-14)26-13-15-16(23-26)10-11-25-19(15)22-18(24-25)17-9-6-12-29-17;1-20(19(26)27,13-6-3-2-4-7-13)25-12-14-15(22-25)9-10-24-18(14)21-17(23-24)16-8-5-11-28-16;1-10(11,9(12)13-2)8-6-4-3-5-7-8;1-8(10(11)12-2)9-6-4-3-5-7-9;1-7(9(10)11)8-5-3-2-4-6-8/h3-15,20,23H,16-19,21-22H2,1-2H3;3-13H,1-2H3;2-12H,1H3,(H,26,27);3-7H,1-2H3;3-8H,1-2H3;2-7H,1H3,(H,10,11). The van der Waals surface area contributed by atoms with Crippen LogP contribution in [0.15, 0.2) is 330 Å². The Labute approximate surface area is 794 Å². The normalized spacial score (nSPS) is 14.0. The highest BCUT2D eigenvalue weighted by molar-refractivity contribution is 9.10. The largest absolute Gasteiger partial charge is 0.491 e. The van der Waals surface area contributed by atoms with Crippen molar-refractivity contribution in [2.24, 2.45) is 0 Å². The second-order valence-electron chi connectivity index (χ2n) is 32.3. The average Bonchev–Trinajstić information content (AvgIpc) is 1.54. The Morgan fingerprint density at radius 3 is 1.13 bits per heavy atom. The molecule has 0 aliphatic carbocycles. The van der Waals surface area contributed by atoms with Crippen molar-refractivity contribution in [3.63, 3.8) is 0 Å². The summed E-state index contributed by atoms with van der Waals surface area (Å²) >= 11 is 3.34. The van der Waals surface area contributed by atoms with Crippen LogP contribution in [0.4, 0.5) is 5.69 Å². The highest BCUT2D eigenvalue weighted by atomic mass is 79.9. The molecule has 0 spiro atoms. The van der Waals surface area contributed by atoms with Crippen LogP contribution in [-0.4, -0.2) is 192 Å². The molecule has 0 bridgehead atoms. The van der Waals surface area contributed by atoms with E-state index in [0.29, 0.717) is 100.0 Å². The Morgan fingerprint density at radius 1 is 0.401 bits per heavy atom. The number of esters is 3. The van der Waals surface area contributed by atoms with Gasteiger partial charge in [-0.15, -0.1) is 15.3 Å². The van der Waals surface area contributed by atoms with Crippen LogP contribution in [-0.2, 0) is 68.7 Å². The van der Waals surface area contributed by atoms with Gasteiger partial charge < -0.3 is 56.9 Å². The van der Waals surface area contributed by atoms with Crippen molar-refractivity contribution >= 4 is 107 Å². The van der Waals surface area contributed by atoms with Gasteiger partial charge in [0.2, 0.25) is 17.5 Å². The van der Waals surface area contributed by atoms with Gasteiger partial charge in [-0.05, 0) is 154 Å². The molecule has 33 nitrogen and oxygen atoms in total. The molecule has 0 saturated carbocycles. The molecular formula is C103H98BrN17O16. The van der Waals surface area contributed by atoms with Gasteiger partial charge in [-0.25, -0.2) is 47.5 Å². The summed E-state index contributed by atoms with van der Waals surface area (Å²) in [6.07, 6.45) is 15.5. The maximum Gasteiger partial charge on any atom is 0.338 e. The fourth-order valence-electron chi connectivity index (χ4n) is 15.5. The molecule has 6 atom stereocenters. The first-order valence-corrected chi connectivity index (χ1v) is 44.4. The van der Waals surface area contributed by atoms with Crippen molar-refractivity contribution in [3.8, 4) is 40.5 Å². The third-order valence-corrected chi connectivity index (χ3v) is 24.5. The summed E-state index contributed by atoms with van der Waals surface area (Å²) in [5.74, 6) is 0.698. The fourth-order valence-corrected chi connectivity index (χ4v) is 16.0. The summed E-state index contributed by atoms with van der Waals surface area (Å²) < 4.78 is 50.6. The minimum atomic E-state index is -1.36. The van der Waals surface area contributed by atoms with Gasteiger partial charge in [0.15, 0.2) is 50.8 Å². The zero-order chi connectivity index (χ0) is 96.5. The monoisotopic (exact) mass is 1910 g/mol. The minimum Gasteiger partial charge on any atom is -0.491 e. The van der Waals surface area contributed by atoms with Gasteiger partial charge in [0.25, 0.3) is 5.91 Å². The Bertz CT molecular complexity index is 7300. The van der Waals surface area contributed by atoms with Crippen LogP contribution in [0.2, 0.25) is 0 Å². The van der Waals surface area contributed by atoms with Gasteiger partial charge >= 0.3 is 29.8 Å². The maximum atomic E-state index is 14.5. The molecule has 20 rings (SSSR count). The number of carboxylic acid groups (broad SMARTS) is 2. The van der Waals surface area contributed by atoms with Crippen LogP contribution in [0.25, 0.3) is 84.4 Å². The van der Waals surface area contributed by atoms with E-state index < -0.39 is 44.8 Å². The average molecular weight is 1910 g/mol. The van der Waals surface area contributed by atoms with Crippen molar-refractivity contribution in [2.45, 2.75) is 74.3 Å². The Kier molecular flexibility index (Phi) is 29.3. The van der Waals surface area contributed by atoms with Crippen molar-refractivity contribution in [2.75, 3.05) is 72.7 Å². The number of nitrogens with zero attached hydrogens (tertiary/aromatic N) is 17. The predicted octanol–water partition coefficient (Wildman–Crippen LogP) is 17.2. The first-order chi connectivity index (χ1) is 66.3. The smallest absolute Gasteiger partial charge is 0.338 e. The number of anilines is 1. The number of amides is 1. The van der Waals surface area contributed by atoms with Crippen molar-refractivity contribution < 1.29 is 75.9 Å². The van der Waals surface area contributed by atoms with E-state index in [0.717, 1.165) is 68.6 Å². The summed E-state index contributed by atoms with van der Waals surface area (Å²) in [7, 11) is 5.82. The molecule has 2 N–H and O–H groups in total. The molecule has 1 aliphatic heterocycles. The number of rotatable bonds is 23. The lowest BCUT2D eigenvalue weighted by Gasteiger charge is -2.40. The van der Waals surface area contributed by atoms with Gasteiger partial charge in [-0.3, -0.25) is 23.9 Å². The zero-order valence-corrected chi connectivity index (χ0v) is 78.1. The molecule has 7 aromatic carbocycles. The number of carboxylic acids is 2. The van der Waals surface area contributed by atoms with Crippen molar-refractivity contribution in [1.82, 2.24) is 78.0 Å². The lowest BCUT2D eigenvalue weighted by atomic mass is 9.90. The van der Waals surface area contributed by atoms with E-state index in [2.05, 4.69) is 77.9 Å². The molecule has 13 heterocycles. The molecule has 698 valence electrons. The highest BCUT2D eigenvalue weighted by Crippen LogP contribution is 2.38. The number of aliphatic carboxylic acids is 2. The molecule has 6 unspecified atom stereocenters. The second-order valence-corrected chi connectivity index (χ2v) is 33.9. The summed E-state index contributed by atoms with van der Waals surface area (Å²) in [5, 5.41) is 48.5. The molecule has 0 radical (unpaired) electrons. The fraction of sp³-hybridized carbons (Fsp3) is 0.214. The quantitative estimate of drug-likeness (QED) is 0.0260. The molecule has 19 aromatic rings. The number of fused-ring (bicyclic) bond motifs is 9. The Hall–Kier alpha value is -16.5. The number of halogens is 1. The first-order valence-electron chi connectivity index (χ1n) is 43.6. The van der Waals surface area contributed by atoms with E-state index in [1.165, 1.54) is 26.0 Å². The number of ether oxygens (including phenoxy) is 5. The van der Waals surface area contributed by atoms with Crippen LogP contribution in [0, 0.1) is 0 Å². The molecule has 1 aliphatic rings. The lowest BCUT2D eigenvalue weighted by molar-refractivity contribution is -0.149. The summed E-state index contributed by atoms with van der Waals surface area (Å²) in [6, 6.07) is 80.9. The van der Waals surface area contributed by atoms with Crippen LogP contribution < -0.4 is 9.64 Å². The highest BCUT2D eigenvalue weighted by Gasteiger charge is 2.44. The molecule has 137 heavy (non-hydrogen) atoms. The van der Waals surface area contributed by atoms with Gasteiger partial charge in [0.1, 0.15) is 16.7 Å². The third-order valence-electron chi connectivity index (χ3n) is 23.7. The molecule has 12 aromatic heterocycles. The molecular weight excluding hydrogens is 1810 g/mol. The van der Waals surface area contributed by atoms with Gasteiger partial charge in [0, 0.05) is 76.2 Å². The Morgan fingerprint density at radius 2 is 0.766 bits per heavy atom. The maximum absolute atomic E-state index is 14.5. The van der Waals surface area contributed by atoms with Gasteiger partial charge in [-0.2, -0.15) is 15.3 Å². The molecule has 1 fully saturated rings. The van der Waals surface area contributed by atoms with Crippen LogP contribution in [0.1, 0.15) is 86.8 Å². The summed E-state index contributed by atoms with van der Waals surface area (Å²) in [4.78, 5) is 90.6. The topological polar surface area (TPSA) is 379 Å². The van der Waals surface area contributed by atoms with Gasteiger partial charge in [-0.1, -0.05) is 198 Å². The predicted molar refractivity (Wildman–Crippen MR) is 516 cm³/mol. The van der Waals surface area contributed by atoms with Crippen molar-refractivity contribution in [3.05, 3.63) is 350 Å². The number of furan rings is 3. The van der Waals surface area contributed by atoms with E-state index in [9.17, 15) is 33.9 Å². The minimum absolute atomic E-state index is 0.00758. The molecule has 1 saturated heterocycles. The molecule has 1 amide bonds. The number of alkyl halides is 1. The van der Waals surface area contributed by atoms with E-state index in [1.54, 1.807) is 144 Å². The van der Waals surface area contributed by atoms with Crippen LogP contribution in [0.5, 0.6) is 5.75 Å². The van der Waals surface area contributed by atoms with Crippen LogP contribution in [0.3, 0.4) is 0 Å². The summed E-state index contributed by atoms with van der Waals surface area (Å²) in [6.45, 7) is 14.3. The summed E-state index contributed by atoms with van der Waals surface area (Å²) in [5.41, 5.74) is 6.43. The SMILES string of the molecule is CC(C(=O)O)(c1ccccc1)n1cc2c(ccn3nc(-c4ccco4)nc23)n1.CC(C(=O)O)c1ccccc1.COC(=O)C(C)(Br)c1ccccc1.COC(=O)C(C)(c1ccccc1)n1cc2c(ccn3nc(-c4ccco4)nc23)n1.COC(=O)C(C)c1ccccc1.COCCOc1ccc(N2CCN(C(=O)C(C)(c3ccccc3)n3cc4c(ccn5nc(-c6ccco6)nc45)n3)CC2)cc1. The van der Waals surface area contributed by atoms with E-state index in [-0.39, 0.29) is 23.8 Å². The number of methoxy groups -OCH3 is 4. The van der Waals surface area contributed by atoms with E-state index >= 15 is 0 Å². The number of aromatic nitrogens is 15. The van der Waals surface area contributed by atoms with Crippen molar-refractivity contribution in [1.29, 1.82) is 0 Å². The number of hydrogen-bond acceptors (Lipinski definition) is 24. The van der Waals surface area contributed by atoms with Gasteiger partial charge in [0.05, 0.1) is 91.3 Å². The number of pyridine rings is 3. The third kappa shape index (κ3) is 20.4. The van der Waals surface area contributed by atoms with E-state index in [1.807, 2.05) is 237 Å². The number of carbonyl (C=O) groups excluding carboxylic acids is 4. The molecule has 34 heteroatoms. The number of carbonyl (C=O) groups is 6. The van der Waals surface area contributed by atoms with Crippen LogP contribution >= 0.6 is 15.9 Å². The second kappa shape index (κ2) is 42.2. The van der Waals surface area contributed by atoms with E-state index in [4.69, 9.17) is 42.7 Å². The number of hydrogen-bond donors (Lipinski definition) is 2. The zero-order valence-electron chi connectivity index (χ0n) is 76.5. The first kappa shape index (κ1) is 95.1. The Balaban J connectivity index is 0.000000134. The number of piperazine rings is 1. The lowest BCUT2D eigenvalue weighted by Crippen LogP contribution is -2.56.